The van der Waals surface area contributed by atoms with Crippen molar-refractivity contribution in [1.82, 2.24) is 4.57 Å². The van der Waals surface area contributed by atoms with Gasteiger partial charge in [-0.1, -0.05) is 85.4 Å². The van der Waals surface area contributed by atoms with Crippen LogP contribution in [0, 0.1) is 0 Å². The Labute approximate surface area is 224 Å². The molecule has 0 N–H and O–H groups in total. The fourth-order valence-corrected chi connectivity index (χ4v) is 6.02. The molecule has 1 aromatic heterocycles. The molecule has 2 aliphatic heterocycles. The first-order valence-corrected chi connectivity index (χ1v) is 13.6. The summed E-state index contributed by atoms with van der Waals surface area (Å²) in [5.41, 5.74) is 3.35. The zero-order valence-electron chi connectivity index (χ0n) is 21.6. The highest BCUT2D eigenvalue weighted by Crippen LogP contribution is 2.35. The van der Waals surface area contributed by atoms with Crippen molar-refractivity contribution in [3.63, 3.8) is 0 Å². The van der Waals surface area contributed by atoms with E-state index in [-0.39, 0.29) is 18.1 Å². The number of esters is 1. The van der Waals surface area contributed by atoms with Gasteiger partial charge >= 0.3 is 5.97 Å². The zero-order valence-corrected chi connectivity index (χ0v) is 22.5. The highest BCUT2D eigenvalue weighted by Gasteiger charge is 2.35. The van der Waals surface area contributed by atoms with Crippen LogP contribution in [-0.4, -0.2) is 29.6 Å². The van der Waals surface area contributed by atoms with Gasteiger partial charge in [-0.2, -0.15) is 0 Å². The number of aromatic nitrogens is 1. The van der Waals surface area contributed by atoms with Crippen molar-refractivity contribution in [2.24, 2.45) is 4.99 Å². The average Bonchev–Trinajstić information content (AvgIpc) is 3.38. The smallest absolute Gasteiger partial charge is 0.338 e. The highest BCUT2D eigenvalue weighted by atomic mass is 32.1. The minimum absolute atomic E-state index is 0.178. The summed E-state index contributed by atoms with van der Waals surface area (Å²) in [7, 11) is 0. The van der Waals surface area contributed by atoms with Gasteiger partial charge in [-0.25, -0.2) is 9.79 Å². The normalized spacial score (nSPS) is 18.0. The second-order valence-electron chi connectivity index (χ2n) is 9.14. The number of hydrogen-bond acceptors (Lipinski definition) is 6. The molecule has 2 aromatic carbocycles. The van der Waals surface area contributed by atoms with Crippen LogP contribution < -0.4 is 19.8 Å². The topological polar surface area (TPSA) is 81.0 Å². The minimum Gasteiger partial charge on any atom is -0.463 e. The first kappa shape index (κ1) is 25.6. The lowest BCUT2D eigenvalue weighted by Crippen LogP contribution is -2.40. The van der Waals surface area contributed by atoms with Gasteiger partial charge in [-0.15, -0.1) is 0 Å². The predicted octanol–water partition coefficient (Wildman–Crippen LogP) is 3.98. The number of anilines is 1. The summed E-state index contributed by atoms with van der Waals surface area (Å²) in [6.45, 7) is 6.37. The average molecular weight is 528 g/mol. The zero-order chi connectivity index (χ0) is 26.8. The summed E-state index contributed by atoms with van der Waals surface area (Å²) in [5, 5.41) is 0. The third-order valence-corrected chi connectivity index (χ3v) is 7.74. The van der Waals surface area contributed by atoms with Crippen molar-refractivity contribution >= 4 is 40.5 Å². The number of ether oxygens (including phenoxy) is 1. The van der Waals surface area contributed by atoms with E-state index in [4.69, 9.17) is 4.74 Å². The summed E-state index contributed by atoms with van der Waals surface area (Å²) in [6.07, 6.45) is 5.52. The fourth-order valence-electron chi connectivity index (χ4n) is 4.87. The monoisotopic (exact) mass is 527 g/mol. The first-order chi connectivity index (χ1) is 18.5. The Kier molecular flexibility index (Phi) is 7.24. The molecular weight excluding hydrogens is 498 g/mol. The SMILES string of the molecule is CCCCN1C(=O)/C(=c2\sc3n(c2=O)[C@@H](/C=C/c2ccccc2)C(C(=O)OCC)=C(C)N=3)c2ccccc21. The molecule has 3 heterocycles. The van der Waals surface area contributed by atoms with Gasteiger partial charge in [0.15, 0.2) is 4.80 Å². The van der Waals surface area contributed by atoms with Crippen LogP contribution in [0.25, 0.3) is 11.6 Å². The van der Waals surface area contributed by atoms with Crippen LogP contribution >= 0.6 is 11.3 Å². The van der Waals surface area contributed by atoms with Crippen LogP contribution in [-0.2, 0) is 14.3 Å². The van der Waals surface area contributed by atoms with E-state index in [1.165, 1.54) is 15.9 Å². The van der Waals surface area contributed by atoms with Gasteiger partial charge in [0.25, 0.3) is 11.5 Å². The molecule has 1 atom stereocenters. The number of fused-ring (bicyclic) bond motifs is 2. The molecule has 1 amide bonds. The molecule has 38 heavy (non-hydrogen) atoms. The number of unbranched alkanes of at least 4 members (excludes halogenated alkanes) is 1. The Hall–Kier alpha value is -4.04. The number of thiazole rings is 1. The third-order valence-electron chi connectivity index (χ3n) is 6.69. The minimum atomic E-state index is -0.720. The first-order valence-electron chi connectivity index (χ1n) is 12.8. The Morgan fingerprint density at radius 2 is 1.82 bits per heavy atom. The van der Waals surface area contributed by atoms with E-state index >= 15 is 0 Å². The van der Waals surface area contributed by atoms with E-state index in [9.17, 15) is 14.4 Å². The standard InChI is InChI=1S/C30H29N3O4S/c1-4-6-18-32-22-15-11-10-14-21(22)25(27(32)34)26-28(35)33-23(17-16-20-12-8-7-9-13-20)24(29(36)37-5-2)19(3)31-30(33)38-26/h7-17,23H,4-6,18H2,1-3H3/b17-16+,26-25-/t23-/m0/s1. The van der Waals surface area contributed by atoms with Crippen molar-refractivity contribution in [3.8, 4) is 0 Å². The maximum Gasteiger partial charge on any atom is 0.338 e. The summed E-state index contributed by atoms with van der Waals surface area (Å²) >= 11 is 1.19. The van der Waals surface area contributed by atoms with E-state index in [0.29, 0.717) is 32.7 Å². The molecule has 0 saturated carbocycles. The molecule has 0 fully saturated rings. The largest absolute Gasteiger partial charge is 0.463 e. The van der Waals surface area contributed by atoms with Crippen LogP contribution in [0.2, 0.25) is 0 Å². The lowest BCUT2D eigenvalue weighted by Gasteiger charge is -2.21. The second-order valence-corrected chi connectivity index (χ2v) is 10.1. The quantitative estimate of drug-likeness (QED) is 0.436. The lowest BCUT2D eigenvalue weighted by atomic mass is 10.0. The van der Waals surface area contributed by atoms with Gasteiger partial charge in [0, 0.05) is 12.1 Å². The number of hydrogen-bond donors (Lipinski definition) is 0. The maximum absolute atomic E-state index is 14.0. The van der Waals surface area contributed by atoms with Gasteiger partial charge in [-0.05, 0) is 31.9 Å². The highest BCUT2D eigenvalue weighted by molar-refractivity contribution is 7.07. The fraction of sp³-hybridized carbons (Fsp3) is 0.267. The van der Waals surface area contributed by atoms with Gasteiger partial charge in [0.1, 0.15) is 4.53 Å². The second kappa shape index (κ2) is 10.8. The molecule has 8 heteroatoms. The molecule has 3 aromatic rings. The van der Waals surface area contributed by atoms with Crippen LogP contribution in [0.5, 0.6) is 0 Å². The van der Waals surface area contributed by atoms with Crippen molar-refractivity contribution in [3.05, 3.63) is 103 Å². The molecule has 0 aliphatic carbocycles. The molecule has 0 spiro atoms. The van der Waals surface area contributed by atoms with E-state index in [1.54, 1.807) is 18.7 Å². The third kappa shape index (κ3) is 4.45. The Bertz CT molecular complexity index is 1650. The molecule has 0 bridgehead atoms. The van der Waals surface area contributed by atoms with Crippen molar-refractivity contribution < 1.29 is 14.3 Å². The number of para-hydroxylation sites is 1. The van der Waals surface area contributed by atoms with Gasteiger partial charge in [-0.3, -0.25) is 14.2 Å². The Morgan fingerprint density at radius 1 is 1.08 bits per heavy atom. The number of carbonyl (C=O) groups excluding carboxylic acids is 2. The van der Waals surface area contributed by atoms with Crippen LogP contribution in [0.1, 0.15) is 50.8 Å². The van der Waals surface area contributed by atoms with E-state index in [1.807, 2.05) is 66.7 Å². The molecule has 194 valence electrons. The van der Waals surface area contributed by atoms with E-state index < -0.39 is 12.0 Å². The summed E-state index contributed by atoms with van der Waals surface area (Å²) in [4.78, 5) is 47.6. The van der Waals surface area contributed by atoms with Crippen molar-refractivity contribution in [1.29, 1.82) is 0 Å². The number of allylic oxidation sites excluding steroid dienone is 2. The number of benzene rings is 2. The van der Waals surface area contributed by atoms with E-state index in [0.717, 1.165) is 29.7 Å². The van der Waals surface area contributed by atoms with Gasteiger partial charge in [0.05, 0.1) is 35.2 Å². The molecule has 0 unspecified atom stereocenters. The summed E-state index contributed by atoms with van der Waals surface area (Å²) in [6, 6.07) is 16.5. The molecule has 0 radical (unpaired) electrons. The number of nitrogens with zero attached hydrogens (tertiary/aromatic N) is 3. The Morgan fingerprint density at radius 3 is 2.55 bits per heavy atom. The summed E-state index contributed by atoms with van der Waals surface area (Å²) in [5.74, 6) is -0.690. The summed E-state index contributed by atoms with van der Waals surface area (Å²) < 4.78 is 7.18. The van der Waals surface area contributed by atoms with Crippen LogP contribution in [0.4, 0.5) is 5.69 Å². The lowest BCUT2D eigenvalue weighted by molar-refractivity contribution is -0.139. The number of carbonyl (C=O) groups is 2. The van der Waals surface area contributed by atoms with Crippen molar-refractivity contribution in [2.45, 2.75) is 39.7 Å². The molecule has 2 aliphatic rings. The predicted molar refractivity (Wildman–Crippen MR) is 149 cm³/mol. The molecule has 7 nitrogen and oxygen atoms in total. The number of rotatable bonds is 7. The molecular formula is C30H29N3O4S. The van der Waals surface area contributed by atoms with Crippen LogP contribution in [0.3, 0.4) is 0 Å². The van der Waals surface area contributed by atoms with Crippen LogP contribution in [0.15, 0.2) is 81.7 Å². The number of amides is 1. The Balaban J connectivity index is 1.72. The van der Waals surface area contributed by atoms with Gasteiger partial charge < -0.3 is 9.64 Å². The van der Waals surface area contributed by atoms with Gasteiger partial charge in [0.2, 0.25) is 0 Å². The maximum atomic E-state index is 14.0. The van der Waals surface area contributed by atoms with Crippen molar-refractivity contribution in [2.75, 3.05) is 18.1 Å². The van der Waals surface area contributed by atoms with E-state index in [2.05, 4.69) is 11.9 Å². The molecule has 5 rings (SSSR count). The molecule has 0 saturated heterocycles.